The van der Waals surface area contributed by atoms with Crippen LogP contribution in [0, 0.1) is 5.92 Å². The molecule has 0 spiro atoms. The Morgan fingerprint density at radius 1 is 1.21 bits per heavy atom. The van der Waals surface area contributed by atoms with Gasteiger partial charge in [-0.15, -0.1) is 0 Å². The first-order valence-electron chi connectivity index (χ1n) is 6.85. The van der Waals surface area contributed by atoms with E-state index in [9.17, 15) is 9.59 Å². The summed E-state index contributed by atoms with van der Waals surface area (Å²) in [6.07, 6.45) is 2.56. The SMILES string of the molecule is CCCCC1=C(C(=O)OCC)C(C(=O)OCC)CO1. The van der Waals surface area contributed by atoms with E-state index < -0.39 is 17.9 Å². The second-order valence-electron chi connectivity index (χ2n) is 4.28. The first-order chi connectivity index (χ1) is 9.15. The van der Waals surface area contributed by atoms with Crippen LogP contribution < -0.4 is 0 Å². The molecule has 0 saturated heterocycles. The predicted octanol–water partition coefficient (Wildman–Crippen LogP) is 2.20. The largest absolute Gasteiger partial charge is 0.496 e. The summed E-state index contributed by atoms with van der Waals surface area (Å²) in [5.41, 5.74) is 0.341. The summed E-state index contributed by atoms with van der Waals surface area (Å²) >= 11 is 0. The van der Waals surface area contributed by atoms with E-state index in [2.05, 4.69) is 6.92 Å². The van der Waals surface area contributed by atoms with Crippen LogP contribution >= 0.6 is 0 Å². The first-order valence-corrected chi connectivity index (χ1v) is 6.85. The van der Waals surface area contributed by atoms with Crippen LogP contribution in [0.25, 0.3) is 0 Å². The lowest BCUT2D eigenvalue weighted by Crippen LogP contribution is -2.25. The average molecular weight is 270 g/mol. The number of esters is 2. The molecule has 1 aliphatic heterocycles. The summed E-state index contributed by atoms with van der Waals surface area (Å²) in [5, 5.41) is 0. The van der Waals surface area contributed by atoms with Gasteiger partial charge in [0, 0.05) is 6.42 Å². The molecular formula is C14H22O5. The van der Waals surface area contributed by atoms with Crippen molar-refractivity contribution >= 4 is 11.9 Å². The highest BCUT2D eigenvalue weighted by Crippen LogP contribution is 2.30. The van der Waals surface area contributed by atoms with Crippen molar-refractivity contribution < 1.29 is 23.8 Å². The number of carbonyl (C=O) groups excluding carboxylic acids is 2. The topological polar surface area (TPSA) is 61.8 Å². The zero-order valence-electron chi connectivity index (χ0n) is 11.9. The Morgan fingerprint density at radius 3 is 2.47 bits per heavy atom. The molecule has 0 bridgehead atoms. The van der Waals surface area contributed by atoms with Crippen molar-refractivity contribution in [3.05, 3.63) is 11.3 Å². The fraction of sp³-hybridized carbons (Fsp3) is 0.714. The molecule has 1 heterocycles. The Labute approximate surface area is 113 Å². The summed E-state index contributed by atoms with van der Waals surface area (Å²) in [5.74, 6) is -0.953. The van der Waals surface area contributed by atoms with E-state index in [-0.39, 0.29) is 19.8 Å². The standard InChI is InChI=1S/C14H22O5/c1-4-7-8-11-12(14(16)18-6-3)10(9-19-11)13(15)17-5-2/h10H,4-9H2,1-3H3. The van der Waals surface area contributed by atoms with Crippen LogP contribution in [0.15, 0.2) is 11.3 Å². The molecule has 1 unspecified atom stereocenters. The van der Waals surface area contributed by atoms with E-state index in [1.807, 2.05) is 0 Å². The fourth-order valence-electron chi connectivity index (χ4n) is 1.98. The maximum atomic E-state index is 12.0. The number of hydrogen-bond donors (Lipinski definition) is 0. The predicted molar refractivity (Wildman–Crippen MR) is 69.3 cm³/mol. The third-order valence-electron chi connectivity index (χ3n) is 2.90. The van der Waals surface area contributed by atoms with Crippen LogP contribution in [0.4, 0.5) is 0 Å². The van der Waals surface area contributed by atoms with Crippen molar-refractivity contribution in [2.45, 2.75) is 40.0 Å². The maximum absolute atomic E-state index is 12.0. The Kier molecular flexibility index (Phi) is 6.39. The highest BCUT2D eigenvalue weighted by molar-refractivity contribution is 5.96. The van der Waals surface area contributed by atoms with Gasteiger partial charge >= 0.3 is 11.9 Å². The highest BCUT2D eigenvalue weighted by atomic mass is 16.5. The molecular weight excluding hydrogens is 248 g/mol. The zero-order chi connectivity index (χ0) is 14.3. The lowest BCUT2D eigenvalue weighted by atomic mass is 9.99. The van der Waals surface area contributed by atoms with Crippen LogP contribution in [-0.4, -0.2) is 31.8 Å². The van der Waals surface area contributed by atoms with Crippen molar-refractivity contribution in [3.63, 3.8) is 0 Å². The normalized spacial score (nSPS) is 18.2. The summed E-state index contributed by atoms with van der Waals surface area (Å²) < 4.78 is 15.5. The van der Waals surface area contributed by atoms with Gasteiger partial charge in [0.15, 0.2) is 0 Å². The number of hydrogen-bond acceptors (Lipinski definition) is 5. The molecule has 0 aliphatic carbocycles. The summed E-state index contributed by atoms with van der Waals surface area (Å²) in [6, 6.07) is 0. The molecule has 1 atom stereocenters. The number of rotatable bonds is 7. The van der Waals surface area contributed by atoms with Crippen LogP contribution in [-0.2, 0) is 23.8 Å². The van der Waals surface area contributed by atoms with Crippen LogP contribution in [0.5, 0.6) is 0 Å². The summed E-state index contributed by atoms with van der Waals surface area (Å²) in [4.78, 5) is 23.8. The van der Waals surface area contributed by atoms with Gasteiger partial charge in [-0.2, -0.15) is 0 Å². The molecule has 108 valence electrons. The molecule has 0 N–H and O–H groups in total. The Morgan fingerprint density at radius 2 is 1.89 bits per heavy atom. The van der Waals surface area contributed by atoms with Gasteiger partial charge in [0.05, 0.1) is 18.8 Å². The number of unbranched alkanes of at least 4 members (excludes halogenated alkanes) is 1. The smallest absolute Gasteiger partial charge is 0.338 e. The molecule has 0 radical (unpaired) electrons. The molecule has 19 heavy (non-hydrogen) atoms. The third-order valence-corrected chi connectivity index (χ3v) is 2.90. The molecule has 0 fully saturated rings. The molecule has 5 nitrogen and oxygen atoms in total. The van der Waals surface area contributed by atoms with Gasteiger partial charge in [-0.05, 0) is 20.3 Å². The summed E-state index contributed by atoms with van der Waals surface area (Å²) in [6.45, 7) is 6.27. The van der Waals surface area contributed by atoms with Gasteiger partial charge in [-0.3, -0.25) is 4.79 Å². The second-order valence-corrected chi connectivity index (χ2v) is 4.28. The monoisotopic (exact) mass is 270 g/mol. The van der Waals surface area contributed by atoms with Gasteiger partial charge in [-0.25, -0.2) is 4.79 Å². The third kappa shape index (κ3) is 3.98. The van der Waals surface area contributed by atoms with E-state index in [1.165, 1.54) is 0 Å². The first kappa shape index (κ1) is 15.5. The molecule has 0 amide bonds. The number of ether oxygens (including phenoxy) is 3. The number of allylic oxidation sites excluding steroid dienone is 1. The van der Waals surface area contributed by atoms with Gasteiger partial charge in [-0.1, -0.05) is 13.3 Å². The van der Waals surface area contributed by atoms with Crippen LogP contribution in [0.2, 0.25) is 0 Å². The molecule has 0 aromatic carbocycles. The summed E-state index contributed by atoms with van der Waals surface area (Å²) in [7, 11) is 0. The molecule has 0 aromatic rings. The minimum Gasteiger partial charge on any atom is -0.496 e. The highest BCUT2D eigenvalue weighted by Gasteiger charge is 2.38. The minimum absolute atomic E-state index is 0.173. The van der Waals surface area contributed by atoms with E-state index in [4.69, 9.17) is 14.2 Å². The molecule has 0 saturated carbocycles. The lowest BCUT2D eigenvalue weighted by molar-refractivity contribution is -0.150. The average Bonchev–Trinajstić information content (AvgIpc) is 2.80. The maximum Gasteiger partial charge on any atom is 0.338 e. The fourth-order valence-corrected chi connectivity index (χ4v) is 1.98. The van der Waals surface area contributed by atoms with Crippen molar-refractivity contribution in [3.8, 4) is 0 Å². The second kappa shape index (κ2) is 7.81. The van der Waals surface area contributed by atoms with Crippen molar-refractivity contribution in [2.24, 2.45) is 5.92 Å². The van der Waals surface area contributed by atoms with Crippen molar-refractivity contribution in [2.75, 3.05) is 19.8 Å². The Bertz CT molecular complexity index is 359. The van der Waals surface area contributed by atoms with Gasteiger partial charge < -0.3 is 14.2 Å². The Hall–Kier alpha value is -1.52. The molecule has 5 heteroatoms. The van der Waals surface area contributed by atoms with Gasteiger partial charge in [0.2, 0.25) is 0 Å². The van der Waals surface area contributed by atoms with Crippen molar-refractivity contribution in [1.29, 1.82) is 0 Å². The van der Waals surface area contributed by atoms with E-state index in [0.29, 0.717) is 17.8 Å². The quantitative estimate of drug-likeness (QED) is 0.664. The molecule has 1 rings (SSSR count). The minimum atomic E-state index is -0.647. The van der Waals surface area contributed by atoms with E-state index in [0.717, 1.165) is 12.8 Å². The van der Waals surface area contributed by atoms with Gasteiger partial charge in [0.25, 0.3) is 0 Å². The van der Waals surface area contributed by atoms with Crippen molar-refractivity contribution in [1.82, 2.24) is 0 Å². The van der Waals surface area contributed by atoms with Gasteiger partial charge in [0.1, 0.15) is 18.3 Å². The zero-order valence-corrected chi connectivity index (χ0v) is 11.9. The molecule has 0 aromatic heterocycles. The van der Waals surface area contributed by atoms with E-state index >= 15 is 0 Å². The number of carbonyl (C=O) groups is 2. The van der Waals surface area contributed by atoms with Crippen LogP contribution in [0.1, 0.15) is 40.0 Å². The molecule has 1 aliphatic rings. The van der Waals surface area contributed by atoms with Crippen LogP contribution in [0.3, 0.4) is 0 Å². The van der Waals surface area contributed by atoms with E-state index in [1.54, 1.807) is 13.8 Å². The Balaban J connectivity index is 2.90. The lowest BCUT2D eigenvalue weighted by Gasteiger charge is -2.10.